The van der Waals surface area contributed by atoms with Gasteiger partial charge >= 0.3 is 5.97 Å². The quantitative estimate of drug-likeness (QED) is 0.643. The first kappa shape index (κ1) is 19.6. The predicted molar refractivity (Wildman–Crippen MR) is 86.7 cm³/mol. The molecule has 6 nitrogen and oxygen atoms in total. The third-order valence-corrected chi connectivity index (χ3v) is 3.24. The molecule has 0 spiro atoms. The summed E-state index contributed by atoms with van der Waals surface area (Å²) in [5.41, 5.74) is 0.518. The SMILES string of the molecule is CC(C)NC(=O)CCCC(=O)NC(CC(=O)O)c1ccc(F)cc1. The standard InChI is InChI=1S/C17H23FN2O4/c1-11(2)19-15(21)4-3-5-16(22)20-14(10-17(23)24)12-6-8-13(18)9-7-12/h6-9,11,14H,3-5,10H2,1-2H3,(H,19,21)(H,20,22)(H,23,24). The van der Waals surface area contributed by atoms with Crippen LogP contribution in [0.5, 0.6) is 0 Å². The zero-order chi connectivity index (χ0) is 18.1. The molecule has 0 saturated carbocycles. The van der Waals surface area contributed by atoms with Crippen LogP contribution >= 0.6 is 0 Å². The highest BCUT2D eigenvalue weighted by atomic mass is 19.1. The number of halogens is 1. The average molecular weight is 338 g/mol. The summed E-state index contributed by atoms with van der Waals surface area (Å²) in [6.45, 7) is 3.70. The van der Waals surface area contributed by atoms with Gasteiger partial charge in [-0.25, -0.2) is 4.39 Å². The van der Waals surface area contributed by atoms with Crippen molar-refractivity contribution < 1.29 is 23.9 Å². The first-order valence-electron chi connectivity index (χ1n) is 7.84. The van der Waals surface area contributed by atoms with Crippen LogP contribution in [0.1, 0.15) is 51.1 Å². The minimum atomic E-state index is -1.07. The lowest BCUT2D eigenvalue weighted by atomic mass is 10.0. The Kier molecular flexibility index (Phi) is 7.88. The molecule has 0 fully saturated rings. The molecule has 0 aliphatic carbocycles. The number of aliphatic carboxylic acids is 1. The van der Waals surface area contributed by atoms with Crippen LogP contribution in [0.3, 0.4) is 0 Å². The number of nitrogens with one attached hydrogen (secondary N) is 2. The van der Waals surface area contributed by atoms with Gasteiger partial charge in [-0.05, 0) is 38.0 Å². The number of benzene rings is 1. The van der Waals surface area contributed by atoms with Gasteiger partial charge in [0.2, 0.25) is 11.8 Å². The molecule has 1 unspecified atom stereocenters. The predicted octanol–water partition coefficient (Wildman–Crippen LogP) is 2.15. The lowest BCUT2D eigenvalue weighted by molar-refractivity contribution is -0.137. The summed E-state index contributed by atoms with van der Waals surface area (Å²) in [6, 6.07) is 4.63. The van der Waals surface area contributed by atoms with Gasteiger partial charge in [0.05, 0.1) is 12.5 Å². The van der Waals surface area contributed by atoms with Gasteiger partial charge in [0.15, 0.2) is 0 Å². The summed E-state index contributed by atoms with van der Waals surface area (Å²) < 4.78 is 13.0. The first-order chi connectivity index (χ1) is 11.3. The molecule has 0 bridgehead atoms. The molecule has 24 heavy (non-hydrogen) atoms. The van der Waals surface area contributed by atoms with Crippen molar-refractivity contribution in [2.75, 3.05) is 0 Å². The summed E-state index contributed by atoms with van der Waals surface area (Å²) >= 11 is 0. The Hall–Kier alpha value is -2.44. The minimum absolute atomic E-state index is 0.0461. The molecule has 0 radical (unpaired) electrons. The molecule has 3 N–H and O–H groups in total. The average Bonchev–Trinajstić information content (AvgIpc) is 2.46. The molecule has 1 atom stereocenters. The lowest BCUT2D eigenvalue weighted by Gasteiger charge is -2.17. The normalized spacial score (nSPS) is 11.8. The van der Waals surface area contributed by atoms with E-state index in [2.05, 4.69) is 10.6 Å². The molecule has 7 heteroatoms. The maximum Gasteiger partial charge on any atom is 0.305 e. The molecule has 1 rings (SSSR count). The monoisotopic (exact) mass is 338 g/mol. The first-order valence-corrected chi connectivity index (χ1v) is 7.84. The van der Waals surface area contributed by atoms with Crippen LogP contribution in [0.15, 0.2) is 24.3 Å². The van der Waals surface area contributed by atoms with Gasteiger partial charge < -0.3 is 15.7 Å². The maximum atomic E-state index is 13.0. The van der Waals surface area contributed by atoms with Crippen molar-refractivity contribution in [3.63, 3.8) is 0 Å². The fraction of sp³-hybridized carbons (Fsp3) is 0.471. The topological polar surface area (TPSA) is 95.5 Å². The summed E-state index contributed by atoms with van der Waals surface area (Å²) in [5, 5.41) is 14.3. The van der Waals surface area contributed by atoms with E-state index in [-0.39, 0.29) is 37.1 Å². The summed E-state index contributed by atoms with van der Waals surface area (Å²) in [4.78, 5) is 34.4. The third kappa shape index (κ3) is 7.71. The fourth-order valence-electron chi connectivity index (χ4n) is 2.19. The van der Waals surface area contributed by atoms with E-state index in [9.17, 15) is 18.8 Å². The number of carbonyl (C=O) groups is 3. The van der Waals surface area contributed by atoms with Crippen molar-refractivity contribution in [3.05, 3.63) is 35.6 Å². The summed E-state index contributed by atoms with van der Waals surface area (Å²) in [7, 11) is 0. The smallest absolute Gasteiger partial charge is 0.305 e. The van der Waals surface area contributed by atoms with Crippen LogP contribution in [-0.4, -0.2) is 28.9 Å². The minimum Gasteiger partial charge on any atom is -0.481 e. The molecule has 0 heterocycles. The second-order valence-electron chi connectivity index (χ2n) is 5.85. The second kappa shape index (κ2) is 9.64. The van der Waals surface area contributed by atoms with Crippen molar-refractivity contribution in [3.8, 4) is 0 Å². The molecule has 0 aromatic heterocycles. The number of hydrogen-bond donors (Lipinski definition) is 3. The van der Waals surface area contributed by atoms with E-state index in [1.807, 2.05) is 13.8 Å². The molecule has 2 amide bonds. The zero-order valence-electron chi connectivity index (χ0n) is 13.8. The van der Waals surface area contributed by atoms with Crippen molar-refractivity contribution in [1.82, 2.24) is 10.6 Å². The van der Waals surface area contributed by atoms with Gasteiger partial charge in [-0.3, -0.25) is 14.4 Å². The van der Waals surface area contributed by atoms with Gasteiger partial charge in [-0.2, -0.15) is 0 Å². The number of carboxylic acids is 1. The molecule has 0 saturated heterocycles. The Morgan fingerprint density at radius 2 is 1.58 bits per heavy atom. The van der Waals surface area contributed by atoms with Crippen LogP contribution in [0.2, 0.25) is 0 Å². The Morgan fingerprint density at radius 3 is 2.08 bits per heavy atom. The van der Waals surface area contributed by atoms with Crippen molar-refractivity contribution in [2.24, 2.45) is 0 Å². The van der Waals surface area contributed by atoms with Crippen molar-refractivity contribution in [2.45, 2.75) is 51.6 Å². The number of hydrogen-bond acceptors (Lipinski definition) is 3. The van der Waals surface area contributed by atoms with Crippen LogP contribution in [0.25, 0.3) is 0 Å². The van der Waals surface area contributed by atoms with Gasteiger partial charge in [0, 0.05) is 18.9 Å². The Bertz CT molecular complexity index is 572. The largest absolute Gasteiger partial charge is 0.481 e. The maximum absolute atomic E-state index is 13.0. The Labute approximate surface area is 140 Å². The summed E-state index contributed by atoms with van der Waals surface area (Å²) in [6.07, 6.45) is 0.410. The Morgan fingerprint density at radius 1 is 1.04 bits per heavy atom. The van der Waals surface area contributed by atoms with Gasteiger partial charge in [0.25, 0.3) is 0 Å². The van der Waals surface area contributed by atoms with E-state index in [1.165, 1.54) is 24.3 Å². The van der Waals surface area contributed by atoms with E-state index in [4.69, 9.17) is 5.11 Å². The number of rotatable bonds is 9. The summed E-state index contributed by atoms with van der Waals surface area (Å²) in [5.74, 6) is -1.97. The van der Waals surface area contributed by atoms with Gasteiger partial charge in [0.1, 0.15) is 5.82 Å². The number of amides is 2. The van der Waals surface area contributed by atoms with Crippen molar-refractivity contribution >= 4 is 17.8 Å². The highest BCUT2D eigenvalue weighted by Gasteiger charge is 2.18. The highest BCUT2D eigenvalue weighted by molar-refractivity contribution is 5.79. The van der Waals surface area contributed by atoms with Crippen LogP contribution in [0, 0.1) is 5.82 Å². The lowest BCUT2D eigenvalue weighted by Crippen LogP contribution is -2.31. The number of carboxylic acid groups (broad SMARTS) is 1. The van der Waals surface area contributed by atoms with Gasteiger partial charge in [-0.1, -0.05) is 12.1 Å². The van der Waals surface area contributed by atoms with E-state index >= 15 is 0 Å². The number of carbonyl (C=O) groups excluding carboxylic acids is 2. The molecule has 0 aliphatic rings. The van der Waals surface area contributed by atoms with Gasteiger partial charge in [-0.15, -0.1) is 0 Å². The van der Waals surface area contributed by atoms with E-state index < -0.39 is 17.8 Å². The van der Waals surface area contributed by atoms with Crippen LogP contribution in [0.4, 0.5) is 4.39 Å². The fourth-order valence-corrected chi connectivity index (χ4v) is 2.19. The van der Waals surface area contributed by atoms with E-state index in [0.717, 1.165) is 0 Å². The third-order valence-electron chi connectivity index (χ3n) is 3.24. The van der Waals surface area contributed by atoms with Crippen LogP contribution in [-0.2, 0) is 14.4 Å². The van der Waals surface area contributed by atoms with Crippen LogP contribution < -0.4 is 10.6 Å². The second-order valence-corrected chi connectivity index (χ2v) is 5.85. The highest BCUT2D eigenvalue weighted by Crippen LogP contribution is 2.18. The zero-order valence-corrected chi connectivity index (χ0v) is 13.8. The Balaban J connectivity index is 2.54. The molecule has 1 aromatic carbocycles. The molecule has 132 valence electrons. The van der Waals surface area contributed by atoms with Crippen molar-refractivity contribution in [1.29, 1.82) is 0 Å². The van der Waals surface area contributed by atoms with E-state index in [1.54, 1.807) is 0 Å². The van der Waals surface area contributed by atoms with E-state index in [0.29, 0.717) is 12.0 Å². The molecular formula is C17H23FN2O4. The molecular weight excluding hydrogens is 315 g/mol. The molecule has 0 aliphatic heterocycles. The molecule has 1 aromatic rings.